The smallest absolute Gasteiger partial charge is 0.145 e. The third-order valence-corrected chi connectivity index (χ3v) is 2.02. The standard InChI is InChI=1S/C11H15NO2/c1-12-11(9-14-8-7-13)10-5-3-2-4-6-10/h2-7,11-12H,8-9H2,1H3. The summed E-state index contributed by atoms with van der Waals surface area (Å²) in [6.07, 6.45) is 0.762. The van der Waals surface area contributed by atoms with Crippen molar-refractivity contribution in [3.05, 3.63) is 35.9 Å². The quantitative estimate of drug-likeness (QED) is 0.544. The minimum absolute atomic E-state index is 0.149. The van der Waals surface area contributed by atoms with E-state index >= 15 is 0 Å². The number of hydrogen-bond acceptors (Lipinski definition) is 3. The molecule has 1 atom stereocenters. The molecule has 1 aromatic carbocycles. The number of likely N-dealkylation sites (N-methyl/N-ethyl adjacent to an activating group) is 1. The molecule has 0 aliphatic rings. The molecule has 1 aromatic rings. The van der Waals surface area contributed by atoms with Gasteiger partial charge in [-0.25, -0.2) is 0 Å². The second kappa shape index (κ2) is 6.29. The highest BCUT2D eigenvalue weighted by Gasteiger charge is 2.07. The fraction of sp³-hybridized carbons (Fsp3) is 0.364. The van der Waals surface area contributed by atoms with Crippen molar-refractivity contribution in [2.75, 3.05) is 20.3 Å². The minimum Gasteiger partial charge on any atom is -0.372 e. The van der Waals surface area contributed by atoms with Crippen molar-refractivity contribution in [2.24, 2.45) is 0 Å². The summed E-state index contributed by atoms with van der Waals surface area (Å²) in [7, 11) is 1.88. The van der Waals surface area contributed by atoms with Crippen LogP contribution in [0, 0.1) is 0 Å². The summed E-state index contributed by atoms with van der Waals surface area (Å²) in [6, 6.07) is 10.2. The molecule has 0 aliphatic heterocycles. The van der Waals surface area contributed by atoms with Crippen molar-refractivity contribution in [2.45, 2.75) is 6.04 Å². The molecular weight excluding hydrogens is 178 g/mol. The maximum absolute atomic E-state index is 10.1. The Bertz CT molecular complexity index is 261. The maximum atomic E-state index is 10.1. The van der Waals surface area contributed by atoms with Gasteiger partial charge < -0.3 is 14.8 Å². The second-order valence-electron chi connectivity index (χ2n) is 2.96. The Morgan fingerprint density at radius 2 is 2.14 bits per heavy atom. The van der Waals surface area contributed by atoms with Gasteiger partial charge in [0.1, 0.15) is 12.9 Å². The van der Waals surface area contributed by atoms with Gasteiger partial charge in [-0.15, -0.1) is 0 Å². The van der Waals surface area contributed by atoms with Crippen LogP contribution in [0.15, 0.2) is 30.3 Å². The van der Waals surface area contributed by atoms with Crippen LogP contribution < -0.4 is 5.32 Å². The number of carbonyl (C=O) groups is 1. The lowest BCUT2D eigenvalue weighted by atomic mass is 10.1. The average molecular weight is 193 g/mol. The minimum atomic E-state index is 0.149. The van der Waals surface area contributed by atoms with Crippen molar-refractivity contribution in [3.8, 4) is 0 Å². The first-order chi connectivity index (χ1) is 6.88. The van der Waals surface area contributed by atoms with Gasteiger partial charge in [0.15, 0.2) is 0 Å². The predicted molar refractivity (Wildman–Crippen MR) is 55.1 cm³/mol. The molecule has 0 radical (unpaired) electrons. The van der Waals surface area contributed by atoms with E-state index in [0.29, 0.717) is 6.61 Å². The van der Waals surface area contributed by atoms with Gasteiger partial charge in [0, 0.05) is 0 Å². The number of rotatable bonds is 6. The van der Waals surface area contributed by atoms with Gasteiger partial charge >= 0.3 is 0 Å². The molecule has 3 heteroatoms. The molecular formula is C11H15NO2. The van der Waals surface area contributed by atoms with Gasteiger partial charge in [-0.1, -0.05) is 30.3 Å². The SMILES string of the molecule is CNC(COCC=O)c1ccccc1. The van der Waals surface area contributed by atoms with Gasteiger partial charge in [0.2, 0.25) is 0 Å². The topological polar surface area (TPSA) is 38.3 Å². The number of hydrogen-bond donors (Lipinski definition) is 1. The van der Waals surface area contributed by atoms with Crippen molar-refractivity contribution in [1.29, 1.82) is 0 Å². The maximum Gasteiger partial charge on any atom is 0.145 e. The second-order valence-corrected chi connectivity index (χ2v) is 2.96. The Balaban J connectivity index is 2.50. The van der Waals surface area contributed by atoms with Crippen LogP contribution in [-0.2, 0) is 9.53 Å². The molecule has 0 saturated heterocycles. The summed E-state index contributed by atoms with van der Waals surface area (Å²) >= 11 is 0. The van der Waals surface area contributed by atoms with Crippen molar-refractivity contribution < 1.29 is 9.53 Å². The monoisotopic (exact) mass is 193 g/mol. The lowest BCUT2D eigenvalue weighted by Crippen LogP contribution is -2.22. The third kappa shape index (κ3) is 3.28. The van der Waals surface area contributed by atoms with E-state index in [1.54, 1.807) is 0 Å². The molecule has 1 unspecified atom stereocenters. The van der Waals surface area contributed by atoms with Crippen molar-refractivity contribution in [1.82, 2.24) is 5.32 Å². The number of carbonyl (C=O) groups excluding carboxylic acids is 1. The Hall–Kier alpha value is -1.19. The molecule has 0 heterocycles. The number of benzene rings is 1. The normalized spacial score (nSPS) is 12.4. The van der Waals surface area contributed by atoms with Crippen LogP contribution in [0.25, 0.3) is 0 Å². The molecule has 0 spiro atoms. The average Bonchev–Trinajstić information content (AvgIpc) is 2.26. The molecule has 14 heavy (non-hydrogen) atoms. The van der Waals surface area contributed by atoms with E-state index in [9.17, 15) is 4.79 Å². The molecule has 76 valence electrons. The van der Waals surface area contributed by atoms with Crippen LogP contribution in [0.1, 0.15) is 11.6 Å². The third-order valence-electron chi connectivity index (χ3n) is 2.02. The van der Waals surface area contributed by atoms with Crippen LogP contribution in [0.4, 0.5) is 0 Å². The molecule has 1 rings (SSSR count). The molecule has 3 nitrogen and oxygen atoms in total. The van der Waals surface area contributed by atoms with E-state index in [-0.39, 0.29) is 12.6 Å². The highest BCUT2D eigenvalue weighted by molar-refractivity contribution is 5.50. The van der Waals surface area contributed by atoms with Crippen LogP contribution in [0.3, 0.4) is 0 Å². The van der Waals surface area contributed by atoms with Crippen LogP contribution in [-0.4, -0.2) is 26.5 Å². The zero-order valence-corrected chi connectivity index (χ0v) is 8.27. The zero-order valence-electron chi connectivity index (χ0n) is 8.27. The van der Waals surface area contributed by atoms with E-state index in [0.717, 1.165) is 6.29 Å². The van der Waals surface area contributed by atoms with Gasteiger partial charge in [-0.05, 0) is 12.6 Å². The van der Waals surface area contributed by atoms with E-state index in [2.05, 4.69) is 5.32 Å². The summed E-state index contributed by atoms with van der Waals surface area (Å²) in [6.45, 7) is 0.671. The van der Waals surface area contributed by atoms with Crippen LogP contribution in [0.2, 0.25) is 0 Å². The van der Waals surface area contributed by atoms with Gasteiger partial charge in [0.05, 0.1) is 12.6 Å². The molecule has 0 amide bonds. The Morgan fingerprint density at radius 1 is 1.43 bits per heavy atom. The van der Waals surface area contributed by atoms with Gasteiger partial charge in [-0.3, -0.25) is 0 Å². The highest BCUT2D eigenvalue weighted by Crippen LogP contribution is 2.11. The van der Waals surface area contributed by atoms with Crippen LogP contribution >= 0.6 is 0 Å². The lowest BCUT2D eigenvalue weighted by molar-refractivity contribution is -0.112. The Kier molecular flexibility index (Phi) is 4.89. The first-order valence-corrected chi connectivity index (χ1v) is 4.62. The summed E-state index contributed by atoms with van der Waals surface area (Å²) in [5.41, 5.74) is 1.17. The summed E-state index contributed by atoms with van der Waals surface area (Å²) < 4.78 is 5.16. The van der Waals surface area contributed by atoms with Crippen molar-refractivity contribution >= 4 is 6.29 Å². The fourth-order valence-corrected chi connectivity index (χ4v) is 1.27. The first kappa shape index (κ1) is 10.9. The molecule has 0 aromatic heterocycles. The van der Waals surface area contributed by atoms with E-state index in [4.69, 9.17) is 4.74 Å². The van der Waals surface area contributed by atoms with E-state index in [1.165, 1.54) is 5.56 Å². The summed E-state index contributed by atoms with van der Waals surface area (Å²) in [5, 5.41) is 3.14. The fourth-order valence-electron chi connectivity index (χ4n) is 1.27. The zero-order chi connectivity index (χ0) is 10.2. The number of aldehydes is 1. The first-order valence-electron chi connectivity index (χ1n) is 4.62. The van der Waals surface area contributed by atoms with Crippen molar-refractivity contribution in [3.63, 3.8) is 0 Å². The van der Waals surface area contributed by atoms with Crippen LogP contribution in [0.5, 0.6) is 0 Å². The number of ether oxygens (including phenoxy) is 1. The lowest BCUT2D eigenvalue weighted by Gasteiger charge is -2.15. The molecule has 0 saturated carbocycles. The molecule has 0 fully saturated rings. The molecule has 0 aliphatic carbocycles. The van der Waals surface area contributed by atoms with E-state index in [1.807, 2.05) is 37.4 Å². The van der Waals surface area contributed by atoms with Gasteiger partial charge in [0.25, 0.3) is 0 Å². The van der Waals surface area contributed by atoms with Gasteiger partial charge in [-0.2, -0.15) is 0 Å². The Labute approximate surface area is 84.1 Å². The largest absolute Gasteiger partial charge is 0.372 e. The Morgan fingerprint density at radius 3 is 2.71 bits per heavy atom. The predicted octanol–water partition coefficient (Wildman–Crippen LogP) is 1.16. The molecule has 1 N–H and O–H groups in total. The summed E-state index contributed by atoms with van der Waals surface area (Å²) in [4.78, 5) is 10.1. The van der Waals surface area contributed by atoms with E-state index < -0.39 is 0 Å². The number of nitrogens with one attached hydrogen (secondary N) is 1. The molecule has 0 bridgehead atoms. The summed E-state index contributed by atoms with van der Waals surface area (Å²) in [5.74, 6) is 0. The highest BCUT2D eigenvalue weighted by atomic mass is 16.5.